The Balaban J connectivity index is 1.09. The van der Waals surface area contributed by atoms with E-state index in [4.69, 9.17) is 19.7 Å². The number of aromatic nitrogens is 8. The number of rotatable bonds is 6. The van der Waals surface area contributed by atoms with Crippen LogP contribution in [-0.4, -0.2) is 139 Å². The summed E-state index contributed by atoms with van der Waals surface area (Å²) < 4.78 is 80.7. The molecule has 4 aliphatic heterocycles. The van der Waals surface area contributed by atoms with Crippen LogP contribution in [0.4, 0.5) is 39.7 Å². The maximum Gasteiger partial charge on any atom is 0.251 e. The van der Waals surface area contributed by atoms with Gasteiger partial charge in [0.2, 0.25) is 17.8 Å². The van der Waals surface area contributed by atoms with Crippen molar-refractivity contribution in [2.45, 2.75) is 63.0 Å². The van der Waals surface area contributed by atoms with Crippen molar-refractivity contribution in [3.63, 3.8) is 0 Å². The minimum absolute atomic E-state index is 0.0442. The van der Waals surface area contributed by atoms with Gasteiger partial charge in [-0.1, -0.05) is 0 Å². The van der Waals surface area contributed by atoms with Gasteiger partial charge in [0.25, 0.3) is 6.43 Å². The fourth-order valence-corrected chi connectivity index (χ4v) is 9.45. The maximum absolute atomic E-state index is 15.4. The van der Waals surface area contributed by atoms with Gasteiger partial charge in [-0.15, -0.1) is 0 Å². The number of anilines is 3. The number of methoxy groups -OCH3 is 1. The number of amides is 1. The Morgan fingerprint density at radius 1 is 0.917 bits per heavy atom. The van der Waals surface area contributed by atoms with Crippen LogP contribution in [0.2, 0.25) is 0 Å². The molecule has 8 heterocycles. The van der Waals surface area contributed by atoms with Crippen molar-refractivity contribution in [2.24, 2.45) is 0 Å². The highest BCUT2D eigenvalue weighted by atomic mass is 19.3. The Morgan fingerprint density at radius 3 is 2.53 bits per heavy atom. The van der Waals surface area contributed by atoms with E-state index in [9.17, 15) is 18.0 Å². The number of nitrogens with zero attached hydrogens (tertiary/aromatic N) is 12. The summed E-state index contributed by atoms with van der Waals surface area (Å²) in [5, 5.41) is 8.33. The number of fused-ring (bicyclic) bond motifs is 8. The number of benzene rings is 2. The molecule has 6 bridgehead atoms. The van der Waals surface area contributed by atoms with Gasteiger partial charge in [0, 0.05) is 82.4 Å². The Bertz CT molecular complexity index is 2660. The zero-order chi connectivity index (χ0) is 41.6. The molecular formula is C40H40F5N13O2. The average molecular weight is 830 g/mol. The highest BCUT2D eigenvalue weighted by Gasteiger charge is 2.46. The Labute approximate surface area is 339 Å². The first-order valence-corrected chi connectivity index (χ1v) is 19.7. The molecule has 0 unspecified atom stereocenters. The van der Waals surface area contributed by atoms with Crippen molar-refractivity contribution in [2.75, 3.05) is 62.0 Å². The van der Waals surface area contributed by atoms with Crippen molar-refractivity contribution in [1.82, 2.24) is 49.1 Å². The van der Waals surface area contributed by atoms with Gasteiger partial charge in [0.05, 0.1) is 47.5 Å². The van der Waals surface area contributed by atoms with E-state index < -0.39 is 42.1 Å². The molecule has 10 rings (SSSR count). The van der Waals surface area contributed by atoms with Crippen LogP contribution in [0.5, 0.6) is 0 Å². The lowest BCUT2D eigenvalue weighted by molar-refractivity contribution is -0.132. The zero-order valence-corrected chi connectivity index (χ0v) is 32.8. The third-order valence-electron chi connectivity index (χ3n) is 12.2. The molecule has 2 aromatic carbocycles. The molecule has 3 saturated heterocycles. The summed E-state index contributed by atoms with van der Waals surface area (Å²) in [7, 11) is 3.28. The van der Waals surface area contributed by atoms with E-state index in [2.05, 4.69) is 20.4 Å². The van der Waals surface area contributed by atoms with Gasteiger partial charge in [-0.2, -0.15) is 15.1 Å². The van der Waals surface area contributed by atoms with Gasteiger partial charge in [0.15, 0.2) is 11.5 Å². The lowest BCUT2D eigenvalue weighted by Gasteiger charge is -2.35. The van der Waals surface area contributed by atoms with Crippen molar-refractivity contribution >= 4 is 45.7 Å². The molecule has 15 nitrogen and oxygen atoms in total. The van der Waals surface area contributed by atoms with Crippen LogP contribution in [-0.2, 0) is 16.1 Å². The quantitative estimate of drug-likeness (QED) is 0.238. The van der Waals surface area contributed by atoms with Gasteiger partial charge in [-0.25, -0.2) is 41.6 Å². The monoisotopic (exact) mass is 829 g/mol. The fourth-order valence-electron chi connectivity index (χ4n) is 9.45. The van der Waals surface area contributed by atoms with Crippen molar-refractivity contribution < 1.29 is 31.5 Å². The van der Waals surface area contributed by atoms with Crippen LogP contribution >= 0.6 is 0 Å². The molecule has 0 aliphatic carbocycles. The summed E-state index contributed by atoms with van der Waals surface area (Å²) >= 11 is 0. The molecule has 3 fully saturated rings. The largest absolute Gasteiger partial charge is 0.378 e. The number of likely N-dealkylation sites (N-methyl/N-ethyl adjacent to an activating group) is 1. The summed E-state index contributed by atoms with van der Waals surface area (Å²) in [6.45, 7) is 3.00. The molecule has 5 atom stereocenters. The summed E-state index contributed by atoms with van der Waals surface area (Å²) in [4.78, 5) is 46.0. The molecule has 4 aliphatic rings. The van der Waals surface area contributed by atoms with E-state index in [0.717, 1.165) is 12.1 Å². The number of ether oxygens (including phenoxy) is 1. The molecule has 1 amide bonds. The van der Waals surface area contributed by atoms with Crippen molar-refractivity contribution in [1.29, 1.82) is 0 Å². The second-order valence-corrected chi connectivity index (χ2v) is 16.0. The highest BCUT2D eigenvalue weighted by Crippen LogP contribution is 2.39. The van der Waals surface area contributed by atoms with E-state index in [-0.39, 0.29) is 60.9 Å². The zero-order valence-electron chi connectivity index (χ0n) is 32.8. The van der Waals surface area contributed by atoms with Crippen LogP contribution in [0, 0.1) is 24.4 Å². The van der Waals surface area contributed by atoms with E-state index in [0.29, 0.717) is 71.8 Å². The SMILES string of the molecule is CO[C@H]1CN(C)C(=O)[C@@H]2C[C@@H](CN2c2nc(N3C[C@H]4C[C@@H]3CN4CC(F)F)nc3c2cnn3-c2ccc(F)cc2F)Nc2nccc(n2)-c2cc(F)cc3nc(C)n(c23)C1. The van der Waals surface area contributed by atoms with Crippen LogP contribution in [0.15, 0.2) is 48.8 Å². The number of carbonyl (C=O) groups excluding carboxylic acids is 1. The maximum atomic E-state index is 15.4. The number of piperazine rings is 1. The van der Waals surface area contributed by atoms with Crippen LogP contribution < -0.4 is 15.1 Å². The summed E-state index contributed by atoms with van der Waals surface area (Å²) in [6, 6.07) is 6.17. The highest BCUT2D eigenvalue weighted by molar-refractivity contribution is 5.94. The number of carbonyl (C=O) groups is 1. The minimum Gasteiger partial charge on any atom is -0.378 e. The van der Waals surface area contributed by atoms with E-state index >= 15 is 8.78 Å². The standard InChI is InChI=1S/C40H40F5N13O2/c1-20-48-31-10-22(42)8-27-30-6-7-46-39(50-30)49-23-11-33(38(59)53(2)17-26(60-3)18-55(20)35(27)31)57(14-23)36-28-13-47-58(32-5-4-21(41)9-29(32)43)37(28)52-40(51-36)56-16-24-12-25(56)15-54(24)19-34(44)45/h4-10,13,23-26,33-34H,11-12,14-19H2,1-3H3,(H,46,49,50)/t23-,24+,25+,26-,33-/m0/s1. The minimum atomic E-state index is -2.47. The molecule has 4 aromatic heterocycles. The summed E-state index contributed by atoms with van der Waals surface area (Å²) in [5.74, 6) is -0.791. The summed E-state index contributed by atoms with van der Waals surface area (Å²) in [6.07, 6.45) is 1.04. The molecule has 0 spiro atoms. The third kappa shape index (κ3) is 6.52. The van der Waals surface area contributed by atoms with Gasteiger partial charge in [-0.05, 0) is 44.0 Å². The molecule has 6 aromatic rings. The van der Waals surface area contributed by atoms with Crippen molar-refractivity contribution in [3.05, 3.63) is 72.1 Å². The van der Waals surface area contributed by atoms with Crippen LogP contribution in [0.25, 0.3) is 39.0 Å². The second kappa shape index (κ2) is 14.6. The number of nitrogens with one attached hydrogen (secondary N) is 1. The number of alkyl halides is 2. The van der Waals surface area contributed by atoms with Gasteiger partial charge >= 0.3 is 0 Å². The number of likely N-dealkylation sites (tertiary alicyclic amines) is 1. The summed E-state index contributed by atoms with van der Waals surface area (Å²) in [5.41, 5.74) is 2.30. The molecule has 20 heteroatoms. The topological polar surface area (TPSA) is 138 Å². The average Bonchev–Trinajstić information content (AvgIpc) is 4.05. The molecule has 312 valence electrons. The molecular weight excluding hydrogens is 790 g/mol. The van der Waals surface area contributed by atoms with E-state index in [1.807, 2.05) is 21.3 Å². The van der Waals surface area contributed by atoms with Crippen LogP contribution in [0.3, 0.4) is 0 Å². The van der Waals surface area contributed by atoms with E-state index in [1.54, 1.807) is 36.2 Å². The Kier molecular flexibility index (Phi) is 9.30. The number of aryl methyl sites for hydroxylation is 1. The normalized spacial score (nSPS) is 23.3. The van der Waals surface area contributed by atoms with Crippen LogP contribution in [0.1, 0.15) is 18.7 Å². The first-order valence-electron chi connectivity index (χ1n) is 19.7. The van der Waals surface area contributed by atoms with Crippen molar-refractivity contribution in [3.8, 4) is 16.9 Å². The second-order valence-electron chi connectivity index (χ2n) is 16.0. The molecule has 60 heavy (non-hydrogen) atoms. The number of halogens is 5. The van der Waals surface area contributed by atoms with E-state index in [1.165, 1.54) is 29.1 Å². The predicted molar refractivity (Wildman–Crippen MR) is 211 cm³/mol. The molecule has 1 N–H and O–H groups in total. The fraction of sp³-hybridized carbons (Fsp3) is 0.425. The van der Waals surface area contributed by atoms with Gasteiger partial charge in [0.1, 0.15) is 35.0 Å². The van der Waals surface area contributed by atoms with Gasteiger partial charge in [-0.3, -0.25) is 9.69 Å². The molecule has 0 radical (unpaired) electrons. The third-order valence-corrected chi connectivity index (χ3v) is 12.2. The smallest absolute Gasteiger partial charge is 0.251 e. The number of hydrogen-bond acceptors (Lipinski definition) is 12. The Hall–Kier alpha value is -6.02. The molecule has 0 saturated carbocycles. The first-order chi connectivity index (χ1) is 28.9. The van der Waals surface area contributed by atoms with Gasteiger partial charge < -0.3 is 29.3 Å². The lowest BCUT2D eigenvalue weighted by atomic mass is 10.1. The number of imidazole rings is 1. The Morgan fingerprint density at radius 2 is 1.77 bits per heavy atom. The predicted octanol–water partition coefficient (Wildman–Crippen LogP) is 4.42. The number of hydrogen-bond donors (Lipinski definition) is 1. The lowest BCUT2D eigenvalue weighted by Crippen LogP contribution is -2.49. The first kappa shape index (κ1) is 38.2.